The van der Waals surface area contributed by atoms with Gasteiger partial charge in [0.15, 0.2) is 0 Å². The Hall–Kier alpha value is -2.41. The molecule has 3 rings (SSSR count). The molecule has 2 aromatic heterocycles. The summed E-state index contributed by atoms with van der Waals surface area (Å²) in [6.45, 7) is 2.34. The highest BCUT2D eigenvalue weighted by Crippen LogP contribution is 2.12. The van der Waals surface area contributed by atoms with Crippen LogP contribution in [0.15, 0.2) is 24.4 Å². The molecule has 2 N–H and O–H groups in total. The third kappa shape index (κ3) is 2.59. The van der Waals surface area contributed by atoms with E-state index in [1.54, 1.807) is 17.5 Å². The third-order valence-corrected chi connectivity index (χ3v) is 3.44. The molecule has 3 heterocycles. The maximum Gasteiger partial charge on any atom is 0.288 e. The highest BCUT2D eigenvalue weighted by Gasteiger charge is 2.24. The molecule has 1 fully saturated rings. The summed E-state index contributed by atoms with van der Waals surface area (Å²) in [5.74, 6) is -0.732. The predicted octanol–water partition coefficient (Wildman–Crippen LogP) is 0.583. The summed E-state index contributed by atoms with van der Waals surface area (Å²) in [5, 5.41) is 0. The molecule has 2 amide bonds. The molecule has 2 aromatic rings. The van der Waals surface area contributed by atoms with Crippen LogP contribution in [0.2, 0.25) is 0 Å². The topological polar surface area (TPSA) is 84.7 Å². The standard InChI is InChI=1S/C14H16N4O3/c1-9-12(18-7-3-2-6-11(18)15-9)14(20)17-16-13(19)10-5-4-8-21-10/h2-3,6-7,10H,4-5,8H2,1H3,(H,16,19)(H,17,20)/t10-/m1/s1. The van der Waals surface area contributed by atoms with Crippen LogP contribution in [0.3, 0.4) is 0 Å². The Morgan fingerprint density at radius 3 is 3.00 bits per heavy atom. The lowest BCUT2D eigenvalue weighted by atomic mass is 10.2. The normalized spacial score (nSPS) is 17.9. The molecular formula is C14H16N4O3. The molecule has 0 aliphatic carbocycles. The van der Waals surface area contributed by atoms with E-state index >= 15 is 0 Å². The van der Waals surface area contributed by atoms with Gasteiger partial charge in [-0.05, 0) is 31.9 Å². The third-order valence-electron chi connectivity index (χ3n) is 3.44. The smallest absolute Gasteiger partial charge is 0.288 e. The Morgan fingerprint density at radius 2 is 2.24 bits per heavy atom. The van der Waals surface area contributed by atoms with Gasteiger partial charge in [0.05, 0.1) is 5.69 Å². The van der Waals surface area contributed by atoms with Gasteiger partial charge in [-0.2, -0.15) is 0 Å². The van der Waals surface area contributed by atoms with Crippen LogP contribution < -0.4 is 10.9 Å². The predicted molar refractivity (Wildman–Crippen MR) is 74.5 cm³/mol. The molecule has 7 nitrogen and oxygen atoms in total. The molecule has 1 saturated heterocycles. The van der Waals surface area contributed by atoms with E-state index in [2.05, 4.69) is 15.8 Å². The summed E-state index contributed by atoms with van der Waals surface area (Å²) in [6, 6.07) is 5.48. The molecule has 0 spiro atoms. The summed E-state index contributed by atoms with van der Waals surface area (Å²) in [4.78, 5) is 28.3. The van der Waals surface area contributed by atoms with Crippen LogP contribution in [-0.2, 0) is 9.53 Å². The fourth-order valence-corrected chi connectivity index (χ4v) is 2.43. The molecule has 1 atom stereocenters. The Balaban J connectivity index is 1.72. The first-order valence-corrected chi connectivity index (χ1v) is 6.82. The van der Waals surface area contributed by atoms with E-state index in [1.807, 2.05) is 18.2 Å². The van der Waals surface area contributed by atoms with E-state index in [0.29, 0.717) is 30.1 Å². The lowest BCUT2D eigenvalue weighted by Gasteiger charge is -2.11. The van der Waals surface area contributed by atoms with Crippen LogP contribution in [0, 0.1) is 6.92 Å². The maximum absolute atomic E-state index is 12.2. The van der Waals surface area contributed by atoms with Crippen molar-refractivity contribution >= 4 is 17.5 Å². The van der Waals surface area contributed by atoms with Gasteiger partial charge < -0.3 is 4.74 Å². The number of aromatic nitrogens is 2. The van der Waals surface area contributed by atoms with E-state index < -0.39 is 12.0 Å². The highest BCUT2D eigenvalue weighted by molar-refractivity contribution is 5.96. The van der Waals surface area contributed by atoms with Crippen molar-refractivity contribution in [2.24, 2.45) is 0 Å². The second kappa shape index (κ2) is 5.53. The second-order valence-corrected chi connectivity index (χ2v) is 4.92. The zero-order chi connectivity index (χ0) is 14.8. The van der Waals surface area contributed by atoms with Crippen LogP contribution >= 0.6 is 0 Å². The summed E-state index contributed by atoms with van der Waals surface area (Å²) in [6.07, 6.45) is 2.81. The summed E-state index contributed by atoms with van der Waals surface area (Å²) in [5.41, 5.74) is 6.50. The van der Waals surface area contributed by atoms with Gasteiger partial charge in [-0.3, -0.25) is 24.8 Å². The van der Waals surface area contributed by atoms with Crippen LogP contribution in [0.25, 0.3) is 5.65 Å². The number of aryl methyl sites for hydroxylation is 1. The van der Waals surface area contributed by atoms with Crippen molar-refractivity contribution < 1.29 is 14.3 Å². The van der Waals surface area contributed by atoms with Gasteiger partial charge in [0.25, 0.3) is 11.8 Å². The number of carbonyl (C=O) groups excluding carboxylic acids is 2. The second-order valence-electron chi connectivity index (χ2n) is 4.92. The molecule has 1 aliphatic rings. The minimum absolute atomic E-state index is 0.327. The molecule has 0 radical (unpaired) electrons. The number of hydrogen-bond donors (Lipinski definition) is 2. The fraction of sp³-hybridized carbons (Fsp3) is 0.357. The van der Waals surface area contributed by atoms with Crippen molar-refractivity contribution in [3.63, 3.8) is 0 Å². The molecule has 0 aromatic carbocycles. The molecule has 0 saturated carbocycles. The summed E-state index contributed by atoms with van der Waals surface area (Å²) < 4.78 is 6.93. The van der Waals surface area contributed by atoms with E-state index in [1.165, 1.54) is 0 Å². The molecular weight excluding hydrogens is 272 g/mol. The van der Waals surface area contributed by atoms with Crippen LogP contribution in [0.4, 0.5) is 0 Å². The van der Waals surface area contributed by atoms with Gasteiger partial charge in [0.1, 0.15) is 17.4 Å². The first kappa shape index (κ1) is 13.6. The number of hydrazine groups is 1. The van der Waals surface area contributed by atoms with Gasteiger partial charge >= 0.3 is 0 Å². The van der Waals surface area contributed by atoms with E-state index in [9.17, 15) is 9.59 Å². The average molecular weight is 288 g/mol. The highest BCUT2D eigenvalue weighted by atomic mass is 16.5. The Morgan fingerprint density at radius 1 is 1.38 bits per heavy atom. The molecule has 1 aliphatic heterocycles. The SMILES string of the molecule is Cc1nc2ccccn2c1C(=O)NNC(=O)[C@H]1CCCO1. The van der Waals surface area contributed by atoms with Gasteiger partial charge in [-0.15, -0.1) is 0 Å². The van der Waals surface area contributed by atoms with Crippen molar-refractivity contribution in [3.8, 4) is 0 Å². The number of ether oxygens (including phenoxy) is 1. The van der Waals surface area contributed by atoms with Crippen molar-refractivity contribution in [1.29, 1.82) is 0 Å². The largest absolute Gasteiger partial charge is 0.368 e. The van der Waals surface area contributed by atoms with Crippen molar-refractivity contribution in [1.82, 2.24) is 20.2 Å². The lowest BCUT2D eigenvalue weighted by Crippen LogP contribution is -2.46. The first-order valence-electron chi connectivity index (χ1n) is 6.82. The number of hydrogen-bond acceptors (Lipinski definition) is 4. The minimum atomic E-state index is -0.478. The number of carbonyl (C=O) groups is 2. The number of rotatable bonds is 2. The Kier molecular flexibility index (Phi) is 3.57. The minimum Gasteiger partial charge on any atom is -0.368 e. The van der Waals surface area contributed by atoms with Crippen molar-refractivity contribution in [3.05, 3.63) is 35.8 Å². The average Bonchev–Trinajstić information content (AvgIpc) is 3.10. The zero-order valence-corrected chi connectivity index (χ0v) is 11.6. The lowest BCUT2D eigenvalue weighted by molar-refractivity contribution is -0.130. The van der Waals surface area contributed by atoms with E-state index in [0.717, 1.165) is 6.42 Å². The number of nitrogens with zero attached hydrogens (tertiary/aromatic N) is 2. The van der Waals surface area contributed by atoms with Crippen LogP contribution in [0.1, 0.15) is 29.0 Å². The number of pyridine rings is 1. The number of amides is 2. The summed E-state index contributed by atoms with van der Waals surface area (Å²) >= 11 is 0. The van der Waals surface area contributed by atoms with Crippen molar-refractivity contribution in [2.75, 3.05) is 6.61 Å². The first-order chi connectivity index (χ1) is 10.2. The van der Waals surface area contributed by atoms with Crippen LogP contribution in [-0.4, -0.2) is 33.9 Å². The molecule has 7 heteroatoms. The fourth-order valence-electron chi connectivity index (χ4n) is 2.43. The van der Waals surface area contributed by atoms with Gasteiger partial charge in [-0.1, -0.05) is 6.07 Å². The number of fused-ring (bicyclic) bond motifs is 1. The number of imidazole rings is 1. The molecule has 0 unspecified atom stereocenters. The quantitative estimate of drug-likeness (QED) is 0.792. The van der Waals surface area contributed by atoms with Crippen LogP contribution in [0.5, 0.6) is 0 Å². The Bertz CT molecular complexity index is 689. The van der Waals surface area contributed by atoms with Gasteiger partial charge in [0.2, 0.25) is 0 Å². The van der Waals surface area contributed by atoms with E-state index in [4.69, 9.17) is 4.74 Å². The molecule has 110 valence electrons. The number of nitrogens with one attached hydrogen (secondary N) is 2. The molecule has 0 bridgehead atoms. The summed E-state index contributed by atoms with van der Waals surface area (Å²) in [7, 11) is 0. The zero-order valence-electron chi connectivity index (χ0n) is 11.6. The monoisotopic (exact) mass is 288 g/mol. The van der Waals surface area contributed by atoms with Gasteiger partial charge in [-0.25, -0.2) is 4.98 Å². The van der Waals surface area contributed by atoms with E-state index in [-0.39, 0.29) is 5.91 Å². The van der Waals surface area contributed by atoms with Gasteiger partial charge in [0, 0.05) is 12.8 Å². The Labute approximate surface area is 121 Å². The maximum atomic E-state index is 12.2. The molecule has 21 heavy (non-hydrogen) atoms. The van der Waals surface area contributed by atoms with Crippen molar-refractivity contribution in [2.45, 2.75) is 25.9 Å².